The van der Waals surface area contributed by atoms with Gasteiger partial charge < -0.3 is 5.32 Å². The van der Waals surface area contributed by atoms with Crippen LogP contribution in [-0.2, 0) is 10.0 Å². The van der Waals surface area contributed by atoms with Crippen molar-refractivity contribution in [2.45, 2.75) is 38.5 Å². The predicted molar refractivity (Wildman–Crippen MR) is 112 cm³/mol. The van der Waals surface area contributed by atoms with Crippen molar-refractivity contribution >= 4 is 33.2 Å². The maximum Gasteiger partial charge on any atom is 0.255 e. The minimum absolute atomic E-state index is 0.0168. The van der Waals surface area contributed by atoms with Crippen molar-refractivity contribution in [3.8, 4) is 0 Å². The van der Waals surface area contributed by atoms with Crippen molar-refractivity contribution < 1.29 is 13.2 Å². The summed E-state index contributed by atoms with van der Waals surface area (Å²) in [6, 6.07) is 10.2. The number of piperidine rings is 1. The maximum atomic E-state index is 13.1. The molecule has 5 nitrogen and oxygen atoms in total. The summed E-state index contributed by atoms with van der Waals surface area (Å²) in [5, 5.41) is 2.99. The number of nitrogens with zero attached hydrogens (tertiary/aromatic N) is 1. The molecule has 1 amide bonds. The Bertz CT molecular complexity index is 1000. The van der Waals surface area contributed by atoms with Crippen LogP contribution in [0, 0.1) is 19.8 Å². The smallest absolute Gasteiger partial charge is 0.255 e. The van der Waals surface area contributed by atoms with Crippen LogP contribution >= 0.6 is 11.6 Å². The zero-order valence-corrected chi connectivity index (χ0v) is 17.9. The van der Waals surface area contributed by atoms with E-state index in [0.29, 0.717) is 24.7 Å². The summed E-state index contributed by atoms with van der Waals surface area (Å²) >= 11 is 6.21. The van der Waals surface area contributed by atoms with Crippen LogP contribution in [0.15, 0.2) is 41.3 Å². The highest BCUT2D eigenvalue weighted by Crippen LogP contribution is 2.29. The van der Waals surface area contributed by atoms with Gasteiger partial charge >= 0.3 is 0 Å². The molecule has 1 heterocycles. The highest BCUT2D eigenvalue weighted by molar-refractivity contribution is 7.89. The number of benzene rings is 2. The Balaban J connectivity index is 1.90. The SMILES string of the molecule is Cc1ccc(C)c(NC(=O)c2ccc(Cl)c(S(=O)(=O)N3CCCC(C)C3)c2)c1. The summed E-state index contributed by atoms with van der Waals surface area (Å²) in [6.07, 6.45) is 1.84. The van der Waals surface area contributed by atoms with Crippen molar-refractivity contribution in [1.82, 2.24) is 4.31 Å². The van der Waals surface area contributed by atoms with E-state index >= 15 is 0 Å². The summed E-state index contributed by atoms with van der Waals surface area (Å²) in [5.74, 6) is -0.0630. The Morgan fingerprint density at radius 2 is 1.93 bits per heavy atom. The standard InChI is InChI=1S/C21H25ClN2O3S/c1-14-6-7-16(3)19(11-14)23-21(25)17-8-9-18(22)20(12-17)28(26,27)24-10-4-5-15(2)13-24/h6-9,11-12,15H,4-5,10,13H2,1-3H3,(H,23,25). The van der Waals surface area contributed by atoms with Crippen molar-refractivity contribution in [3.05, 3.63) is 58.1 Å². The topological polar surface area (TPSA) is 66.5 Å². The first-order valence-corrected chi connectivity index (χ1v) is 11.2. The third-order valence-electron chi connectivity index (χ3n) is 5.07. The third kappa shape index (κ3) is 4.40. The van der Waals surface area contributed by atoms with E-state index in [-0.39, 0.29) is 21.4 Å². The fraction of sp³-hybridized carbons (Fsp3) is 0.381. The molecule has 1 aliphatic heterocycles. The molecule has 2 aromatic carbocycles. The minimum Gasteiger partial charge on any atom is -0.322 e. The van der Waals surface area contributed by atoms with E-state index < -0.39 is 10.0 Å². The zero-order chi connectivity index (χ0) is 20.5. The molecule has 2 aromatic rings. The van der Waals surface area contributed by atoms with E-state index in [0.717, 1.165) is 24.0 Å². The van der Waals surface area contributed by atoms with Gasteiger partial charge in [-0.15, -0.1) is 0 Å². The molecule has 0 spiro atoms. The second kappa shape index (κ2) is 8.23. The molecule has 1 N–H and O–H groups in total. The average molecular weight is 421 g/mol. The van der Waals surface area contributed by atoms with Crippen LogP contribution in [0.1, 0.15) is 41.3 Å². The van der Waals surface area contributed by atoms with E-state index in [4.69, 9.17) is 11.6 Å². The molecular formula is C21H25ClN2O3S. The molecule has 1 atom stereocenters. The van der Waals surface area contributed by atoms with Crippen molar-refractivity contribution in [1.29, 1.82) is 0 Å². The van der Waals surface area contributed by atoms with Gasteiger partial charge in [0.15, 0.2) is 0 Å². The molecule has 1 unspecified atom stereocenters. The quantitative estimate of drug-likeness (QED) is 0.784. The number of carbonyl (C=O) groups is 1. The van der Waals surface area contributed by atoms with Crippen LogP contribution in [-0.4, -0.2) is 31.7 Å². The number of hydrogen-bond acceptors (Lipinski definition) is 3. The number of sulfonamides is 1. The van der Waals surface area contributed by atoms with Gasteiger partial charge in [-0.25, -0.2) is 8.42 Å². The second-order valence-electron chi connectivity index (χ2n) is 7.53. The molecular weight excluding hydrogens is 396 g/mol. The van der Waals surface area contributed by atoms with E-state index in [1.165, 1.54) is 16.4 Å². The Hall–Kier alpha value is -1.89. The summed E-state index contributed by atoms with van der Waals surface area (Å²) < 4.78 is 27.7. The van der Waals surface area contributed by atoms with Gasteiger partial charge in [0, 0.05) is 24.3 Å². The van der Waals surface area contributed by atoms with Crippen molar-refractivity contribution in [2.75, 3.05) is 18.4 Å². The predicted octanol–water partition coefficient (Wildman–Crippen LogP) is 4.63. The van der Waals surface area contributed by atoms with Crippen LogP contribution in [0.2, 0.25) is 5.02 Å². The molecule has 1 fully saturated rings. The highest BCUT2D eigenvalue weighted by Gasteiger charge is 2.31. The van der Waals surface area contributed by atoms with Gasteiger partial charge in [0.05, 0.1) is 5.02 Å². The summed E-state index contributed by atoms with van der Waals surface area (Å²) in [5.41, 5.74) is 2.92. The molecule has 0 saturated carbocycles. The number of halogens is 1. The van der Waals surface area contributed by atoms with Gasteiger partial charge in [-0.2, -0.15) is 4.31 Å². The second-order valence-corrected chi connectivity index (χ2v) is 9.84. The molecule has 0 aliphatic carbocycles. The number of anilines is 1. The number of carbonyl (C=O) groups excluding carboxylic acids is 1. The minimum atomic E-state index is -3.75. The van der Waals surface area contributed by atoms with Gasteiger partial charge in [-0.1, -0.05) is 30.7 Å². The van der Waals surface area contributed by atoms with Crippen LogP contribution in [0.3, 0.4) is 0 Å². The zero-order valence-electron chi connectivity index (χ0n) is 16.3. The first-order valence-electron chi connectivity index (χ1n) is 9.37. The van der Waals surface area contributed by atoms with Gasteiger partial charge in [-0.05, 0) is 68.0 Å². The number of hydrogen-bond donors (Lipinski definition) is 1. The molecule has 1 saturated heterocycles. The van der Waals surface area contributed by atoms with E-state index in [2.05, 4.69) is 5.32 Å². The number of nitrogens with one attached hydrogen (secondary N) is 1. The maximum absolute atomic E-state index is 13.1. The van der Waals surface area contributed by atoms with Crippen molar-refractivity contribution in [3.63, 3.8) is 0 Å². The van der Waals surface area contributed by atoms with Crippen LogP contribution in [0.4, 0.5) is 5.69 Å². The average Bonchev–Trinajstić information content (AvgIpc) is 2.65. The summed E-state index contributed by atoms with van der Waals surface area (Å²) in [7, 11) is -3.75. The molecule has 3 rings (SSSR count). The highest BCUT2D eigenvalue weighted by atomic mass is 35.5. The molecule has 0 aromatic heterocycles. The largest absolute Gasteiger partial charge is 0.322 e. The Labute approximate surface area is 171 Å². The van der Waals surface area contributed by atoms with E-state index in [1.807, 2.05) is 39.0 Å². The third-order valence-corrected chi connectivity index (χ3v) is 7.42. The fourth-order valence-corrected chi connectivity index (χ4v) is 5.51. The molecule has 1 aliphatic rings. The van der Waals surface area contributed by atoms with E-state index in [9.17, 15) is 13.2 Å². The fourth-order valence-electron chi connectivity index (χ4n) is 3.41. The molecule has 0 radical (unpaired) electrons. The first kappa shape index (κ1) is 20.8. The summed E-state index contributed by atoms with van der Waals surface area (Å²) in [4.78, 5) is 12.7. The lowest BCUT2D eigenvalue weighted by atomic mass is 10.0. The Kier molecular flexibility index (Phi) is 6.12. The van der Waals surface area contributed by atoms with Crippen LogP contribution in [0.5, 0.6) is 0 Å². The Morgan fingerprint density at radius 3 is 2.64 bits per heavy atom. The van der Waals surface area contributed by atoms with Gasteiger partial charge in [0.25, 0.3) is 5.91 Å². The van der Waals surface area contributed by atoms with E-state index in [1.54, 1.807) is 6.07 Å². The lowest BCUT2D eigenvalue weighted by Crippen LogP contribution is -2.39. The normalized spacial score (nSPS) is 18.1. The van der Waals surface area contributed by atoms with Crippen molar-refractivity contribution in [2.24, 2.45) is 5.92 Å². The number of rotatable bonds is 4. The lowest BCUT2D eigenvalue weighted by molar-refractivity contribution is 0.102. The monoisotopic (exact) mass is 420 g/mol. The lowest BCUT2D eigenvalue weighted by Gasteiger charge is -2.30. The molecule has 0 bridgehead atoms. The van der Waals surface area contributed by atoms with Gasteiger partial charge in [0.2, 0.25) is 10.0 Å². The molecule has 150 valence electrons. The van der Waals surface area contributed by atoms with Gasteiger partial charge in [0.1, 0.15) is 4.90 Å². The first-order chi connectivity index (χ1) is 13.2. The van der Waals surface area contributed by atoms with Crippen LogP contribution < -0.4 is 5.32 Å². The number of aryl methyl sites for hydroxylation is 2. The molecule has 28 heavy (non-hydrogen) atoms. The van der Waals surface area contributed by atoms with Gasteiger partial charge in [-0.3, -0.25) is 4.79 Å². The Morgan fingerprint density at radius 1 is 1.18 bits per heavy atom. The molecule has 7 heteroatoms. The van der Waals surface area contributed by atoms with Crippen LogP contribution in [0.25, 0.3) is 0 Å². The summed E-state index contributed by atoms with van der Waals surface area (Å²) in [6.45, 7) is 6.84. The number of amides is 1.